The van der Waals surface area contributed by atoms with Gasteiger partial charge in [0.25, 0.3) is 0 Å². The highest BCUT2D eigenvalue weighted by Gasteiger charge is 2.46. The van der Waals surface area contributed by atoms with Crippen molar-refractivity contribution in [3.8, 4) is 5.75 Å². The minimum Gasteiger partial charge on any atom is -0.497 e. The number of piperidine rings is 1. The van der Waals surface area contributed by atoms with Crippen molar-refractivity contribution in [2.75, 3.05) is 37.0 Å². The van der Waals surface area contributed by atoms with Crippen LogP contribution in [0.1, 0.15) is 24.0 Å². The quantitative estimate of drug-likeness (QED) is 0.348. The Hall–Kier alpha value is -3.90. The summed E-state index contributed by atoms with van der Waals surface area (Å²) >= 11 is 0. The normalized spacial score (nSPS) is 16.6. The van der Waals surface area contributed by atoms with Crippen LogP contribution in [0.15, 0.2) is 84.9 Å². The van der Waals surface area contributed by atoms with E-state index in [-0.39, 0.29) is 17.3 Å². The predicted octanol–water partition coefficient (Wildman–Crippen LogP) is 6.57. The van der Waals surface area contributed by atoms with Crippen LogP contribution in [0.3, 0.4) is 0 Å². The summed E-state index contributed by atoms with van der Waals surface area (Å²) < 4.78 is 19.2. The molecule has 2 aliphatic heterocycles. The standard InChI is InChI=1S/C31H30FN3O2/c1-37-27-11-12-29-28(19-27)31(21-35(29)30(36)33-26-8-4-7-25(32)18-26)13-15-34(16-14-31)20-22-9-10-23-5-2-3-6-24(23)17-22/h2-12,17-19H,13-16,20-21H2,1H3,(H,33,36). The van der Waals surface area contributed by atoms with E-state index in [1.165, 1.54) is 28.5 Å². The Morgan fingerprint density at radius 2 is 1.76 bits per heavy atom. The largest absolute Gasteiger partial charge is 0.497 e. The summed E-state index contributed by atoms with van der Waals surface area (Å²) in [6.07, 6.45) is 1.90. The van der Waals surface area contributed by atoms with Gasteiger partial charge in [0.1, 0.15) is 11.6 Å². The van der Waals surface area contributed by atoms with E-state index in [1.807, 2.05) is 12.1 Å². The van der Waals surface area contributed by atoms with Gasteiger partial charge in [-0.25, -0.2) is 9.18 Å². The molecule has 4 aromatic carbocycles. The number of anilines is 2. The van der Waals surface area contributed by atoms with E-state index >= 15 is 0 Å². The van der Waals surface area contributed by atoms with Crippen LogP contribution in [-0.4, -0.2) is 37.7 Å². The number of fused-ring (bicyclic) bond motifs is 3. The molecule has 2 heterocycles. The lowest BCUT2D eigenvalue weighted by atomic mass is 9.74. The number of urea groups is 1. The average molecular weight is 496 g/mol. The van der Waals surface area contributed by atoms with Crippen molar-refractivity contribution in [2.45, 2.75) is 24.8 Å². The van der Waals surface area contributed by atoms with Gasteiger partial charge in [0.2, 0.25) is 0 Å². The van der Waals surface area contributed by atoms with Gasteiger partial charge in [0.05, 0.1) is 7.11 Å². The van der Waals surface area contributed by atoms with Gasteiger partial charge in [-0.1, -0.05) is 42.5 Å². The summed E-state index contributed by atoms with van der Waals surface area (Å²) in [6, 6.07) is 26.9. The minimum absolute atomic E-state index is 0.136. The number of nitrogens with one attached hydrogen (secondary N) is 1. The zero-order valence-corrected chi connectivity index (χ0v) is 20.9. The number of likely N-dealkylation sites (tertiary alicyclic amines) is 1. The van der Waals surface area contributed by atoms with Crippen LogP contribution < -0.4 is 15.0 Å². The summed E-state index contributed by atoms with van der Waals surface area (Å²) in [6.45, 7) is 3.40. The number of amides is 2. The molecule has 2 amide bonds. The second-order valence-corrected chi connectivity index (χ2v) is 10.1. The topological polar surface area (TPSA) is 44.8 Å². The molecule has 5 nitrogen and oxygen atoms in total. The molecule has 2 aliphatic rings. The number of carbonyl (C=O) groups excluding carboxylic acids is 1. The van der Waals surface area contributed by atoms with Crippen molar-refractivity contribution in [1.29, 1.82) is 0 Å². The maximum absolute atomic E-state index is 13.7. The molecule has 0 unspecified atom stereocenters. The van der Waals surface area contributed by atoms with Crippen LogP contribution >= 0.6 is 0 Å². The molecule has 0 aromatic heterocycles. The van der Waals surface area contributed by atoms with Gasteiger partial charge in [0, 0.05) is 29.9 Å². The van der Waals surface area contributed by atoms with Crippen molar-refractivity contribution >= 4 is 28.2 Å². The zero-order chi connectivity index (χ0) is 25.4. The summed E-state index contributed by atoms with van der Waals surface area (Å²) in [5.41, 5.74) is 3.69. The number of rotatable bonds is 4. The lowest BCUT2D eigenvalue weighted by Gasteiger charge is -2.40. The van der Waals surface area contributed by atoms with Crippen LogP contribution in [0, 0.1) is 5.82 Å². The highest BCUT2D eigenvalue weighted by atomic mass is 19.1. The first-order chi connectivity index (χ1) is 18.0. The predicted molar refractivity (Wildman–Crippen MR) is 146 cm³/mol. The smallest absolute Gasteiger partial charge is 0.326 e. The van der Waals surface area contributed by atoms with Crippen molar-refractivity contribution in [3.05, 3.63) is 102 Å². The van der Waals surface area contributed by atoms with Crippen LogP contribution in [0.2, 0.25) is 0 Å². The summed E-state index contributed by atoms with van der Waals surface area (Å²) in [5.74, 6) is 0.420. The number of carbonyl (C=O) groups is 1. The third-order valence-corrected chi connectivity index (χ3v) is 7.88. The maximum atomic E-state index is 13.7. The SMILES string of the molecule is COc1ccc2c(c1)C1(CCN(Cc3ccc4ccccc4c3)CC1)CN2C(=O)Nc1cccc(F)c1. The molecule has 0 atom stereocenters. The van der Waals surface area contributed by atoms with E-state index in [1.54, 1.807) is 24.1 Å². The molecule has 37 heavy (non-hydrogen) atoms. The zero-order valence-electron chi connectivity index (χ0n) is 20.9. The molecule has 1 N–H and O–H groups in total. The second kappa shape index (κ2) is 9.52. The van der Waals surface area contributed by atoms with E-state index in [4.69, 9.17) is 4.74 Å². The molecule has 188 valence electrons. The van der Waals surface area contributed by atoms with Gasteiger partial charge in [-0.15, -0.1) is 0 Å². The van der Waals surface area contributed by atoms with Gasteiger partial charge in [0.15, 0.2) is 0 Å². The number of hydrogen-bond acceptors (Lipinski definition) is 3. The van der Waals surface area contributed by atoms with E-state index in [9.17, 15) is 9.18 Å². The van der Waals surface area contributed by atoms with E-state index in [0.717, 1.165) is 49.5 Å². The molecule has 0 bridgehead atoms. The van der Waals surface area contributed by atoms with E-state index in [2.05, 4.69) is 58.7 Å². The summed E-state index contributed by atoms with van der Waals surface area (Å²) in [7, 11) is 1.67. The first-order valence-corrected chi connectivity index (χ1v) is 12.8. The Kier molecular flexibility index (Phi) is 6.05. The minimum atomic E-state index is -0.375. The number of ether oxygens (including phenoxy) is 1. The molecule has 1 spiro atoms. The van der Waals surface area contributed by atoms with Gasteiger partial charge >= 0.3 is 6.03 Å². The van der Waals surface area contributed by atoms with Crippen LogP contribution in [0.4, 0.5) is 20.6 Å². The molecule has 1 fully saturated rings. The average Bonchev–Trinajstić information content (AvgIpc) is 3.23. The molecule has 0 saturated carbocycles. The van der Waals surface area contributed by atoms with Gasteiger partial charge in [-0.3, -0.25) is 9.80 Å². The fourth-order valence-corrected chi connectivity index (χ4v) is 5.88. The van der Waals surface area contributed by atoms with Crippen LogP contribution in [0.25, 0.3) is 10.8 Å². The number of nitrogens with zero attached hydrogens (tertiary/aromatic N) is 2. The number of hydrogen-bond donors (Lipinski definition) is 1. The van der Waals surface area contributed by atoms with Crippen molar-refractivity contribution in [1.82, 2.24) is 4.90 Å². The summed E-state index contributed by atoms with van der Waals surface area (Å²) in [5, 5.41) is 5.41. The molecule has 6 heteroatoms. The molecule has 6 rings (SSSR count). The monoisotopic (exact) mass is 495 g/mol. The Labute approximate surface area is 216 Å². The first-order valence-electron chi connectivity index (χ1n) is 12.8. The molecule has 0 radical (unpaired) electrons. The third-order valence-electron chi connectivity index (χ3n) is 7.88. The molecule has 0 aliphatic carbocycles. The van der Waals surface area contributed by atoms with Gasteiger partial charge < -0.3 is 10.1 Å². The number of benzene rings is 4. The number of methoxy groups -OCH3 is 1. The highest BCUT2D eigenvalue weighted by molar-refractivity contribution is 6.03. The Bertz CT molecular complexity index is 1460. The van der Waals surface area contributed by atoms with Gasteiger partial charge in [-0.2, -0.15) is 0 Å². The fourth-order valence-electron chi connectivity index (χ4n) is 5.88. The Morgan fingerprint density at radius 3 is 2.54 bits per heavy atom. The van der Waals surface area contributed by atoms with E-state index < -0.39 is 0 Å². The lowest BCUT2D eigenvalue weighted by Crippen LogP contribution is -2.46. The molecule has 1 saturated heterocycles. The Morgan fingerprint density at radius 1 is 0.946 bits per heavy atom. The molecular weight excluding hydrogens is 465 g/mol. The van der Waals surface area contributed by atoms with Crippen molar-refractivity contribution < 1.29 is 13.9 Å². The van der Waals surface area contributed by atoms with Gasteiger partial charge in [-0.05, 0) is 90.3 Å². The molecule has 4 aromatic rings. The second-order valence-electron chi connectivity index (χ2n) is 10.1. The molecular formula is C31H30FN3O2. The van der Waals surface area contributed by atoms with Crippen molar-refractivity contribution in [3.63, 3.8) is 0 Å². The van der Waals surface area contributed by atoms with Crippen molar-refractivity contribution in [2.24, 2.45) is 0 Å². The Balaban J connectivity index is 1.21. The highest BCUT2D eigenvalue weighted by Crippen LogP contribution is 2.48. The van der Waals surface area contributed by atoms with Crippen LogP contribution in [-0.2, 0) is 12.0 Å². The van der Waals surface area contributed by atoms with E-state index in [0.29, 0.717) is 12.2 Å². The lowest BCUT2D eigenvalue weighted by molar-refractivity contribution is 0.160. The first kappa shape index (κ1) is 23.5. The fraction of sp³-hybridized carbons (Fsp3) is 0.258. The van der Waals surface area contributed by atoms with Crippen LogP contribution in [0.5, 0.6) is 5.75 Å². The third kappa shape index (κ3) is 4.53. The summed E-state index contributed by atoms with van der Waals surface area (Å²) in [4.78, 5) is 17.6. The number of halogens is 1. The maximum Gasteiger partial charge on any atom is 0.326 e.